The van der Waals surface area contributed by atoms with E-state index in [9.17, 15) is 9.59 Å². The van der Waals surface area contributed by atoms with Gasteiger partial charge in [0.15, 0.2) is 0 Å². The van der Waals surface area contributed by atoms with Crippen LogP contribution in [0.2, 0.25) is 0 Å². The third kappa shape index (κ3) is 4.11. The number of fused-ring (bicyclic) bond motifs is 1. The second kappa shape index (κ2) is 8.58. The Balaban J connectivity index is 1.41. The van der Waals surface area contributed by atoms with Gasteiger partial charge in [0.25, 0.3) is 5.91 Å². The predicted octanol–water partition coefficient (Wildman–Crippen LogP) is 2.64. The van der Waals surface area contributed by atoms with Gasteiger partial charge in [-0.3, -0.25) is 19.3 Å². The second-order valence-electron chi connectivity index (χ2n) is 8.84. The van der Waals surface area contributed by atoms with Crippen molar-refractivity contribution in [3.8, 4) is 0 Å². The average molecular weight is 410 g/mol. The van der Waals surface area contributed by atoms with Crippen LogP contribution in [0, 0.1) is 5.41 Å². The van der Waals surface area contributed by atoms with E-state index in [0.29, 0.717) is 31.0 Å². The van der Waals surface area contributed by atoms with E-state index in [1.165, 1.54) is 12.1 Å². The summed E-state index contributed by atoms with van der Waals surface area (Å²) < 4.78 is 1.94. The minimum atomic E-state index is -0.212. The summed E-state index contributed by atoms with van der Waals surface area (Å²) >= 11 is 0. The van der Waals surface area contributed by atoms with Gasteiger partial charge in [-0.1, -0.05) is 26.2 Å². The summed E-state index contributed by atoms with van der Waals surface area (Å²) in [7, 11) is 1.97. The van der Waals surface area contributed by atoms with E-state index in [1.807, 2.05) is 16.6 Å². The highest BCUT2D eigenvalue weighted by Crippen LogP contribution is 2.38. The number of pyridine rings is 1. The maximum absolute atomic E-state index is 13.3. The topological polar surface area (TPSA) is 80.1 Å². The van der Waals surface area contributed by atoms with Gasteiger partial charge in [0.2, 0.25) is 5.91 Å². The van der Waals surface area contributed by atoms with Crippen molar-refractivity contribution in [3.05, 3.63) is 47.0 Å². The van der Waals surface area contributed by atoms with Crippen molar-refractivity contribution in [2.75, 3.05) is 13.1 Å². The number of carbonyl (C=O) groups excluding carboxylic acids is 2. The molecule has 0 radical (unpaired) electrons. The van der Waals surface area contributed by atoms with Crippen LogP contribution in [-0.2, 0) is 31.2 Å². The number of carbonyl (C=O) groups is 2. The Morgan fingerprint density at radius 1 is 1.17 bits per heavy atom. The third-order valence-electron chi connectivity index (χ3n) is 6.68. The lowest BCUT2D eigenvalue weighted by Crippen LogP contribution is -2.45. The van der Waals surface area contributed by atoms with E-state index in [2.05, 4.69) is 17.2 Å². The normalized spacial score (nSPS) is 18.0. The van der Waals surface area contributed by atoms with Crippen molar-refractivity contribution in [2.45, 2.75) is 58.4 Å². The largest absolute Gasteiger partial charge is 0.352 e. The maximum Gasteiger partial charge on any atom is 0.251 e. The van der Waals surface area contributed by atoms with Crippen LogP contribution in [0.15, 0.2) is 24.5 Å². The van der Waals surface area contributed by atoms with Crippen molar-refractivity contribution < 1.29 is 9.59 Å². The van der Waals surface area contributed by atoms with Crippen molar-refractivity contribution >= 4 is 11.8 Å². The molecule has 1 N–H and O–H groups in total. The van der Waals surface area contributed by atoms with Crippen molar-refractivity contribution in [1.82, 2.24) is 25.0 Å². The molecule has 7 heteroatoms. The molecule has 3 heterocycles. The molecule has 0 spiro atoms. The summed E-state index contributed by atoms with van der Waals surface area (Å²) in [6.45, 7) is 4.05. The van der Waals surface area contributed by atoms with Gasteiger partial charge in [-0.25, -0.2) is 0 Å². The lowest BCUT2D eigenvalue weighted by molar-refractivity contribution is -0.144. The second-order valence-corrected chi connectivity index (χ2v) is 8.84. The summed E-state index contributed by atoms with van der Waals surface area (Å²) in [6.07, 6.45) is 10.2. The Morgan fingerprint density at radius 3 is 2.63 bits per heavy atom. The van der Waals surface area contributed by atoms with Crippen LogP contribution in [0.4, 0.5) is 0 Å². The first-order chi connectivity index (χ1) is 14.5. The van der Waals surface area contributed by atoms with Gasteiger partial charge >= 0.3 is 0 Å². The fraction of sp³-hybridized carbons (Fsp3) is 0.565. The quantitative estimate of drug-likeness (QED) is 0.823. The molecule has 1 saturated carbocycles. The van der Waals surface area contributed by atoms with E-state index in [-0.39, 0.29) is 11.3 Å². The summed E-state index contributed by atoms with van der Waals surface area (Å²) in [5.74, 6) is 0.192. The lowest BCUT2D eigenvalue weighted by Gasteiger charge is -2.38. The highest BCUT2D eigenvalue weighted by molar-refractivity contribution is 5.93. The molecule has 0 unspecified atom stereocenters. The van der Waals surface area contributed by atoms with E-state index < -0.39 is 0 Å². The van der Waals surface area contributed by atoms with Crippen LogP contribution in [0.1, 0.15) is 66.3 Å². The number of hydrogen-bond acceptors (Lipinski definition) is 4. The number of aromatic nitrogens is 3. The first kappa shape index (κ1) is 20.6. The summed E-state index contributed by atoms with van der Waals surface area (Å²) in [5.41, 5.74) is 3.74. The number of amides is 2. The first-order valence-corrected chi connectivity index (χ1v) is 11.0. The standard InChI is InChI=1S/C23H31N5O2/c1-23(10-4-3-5-11-23)22(30)28-15-9-20-18(16-28)19(26-27(20)2)8-14-25-21(29)17-6-12-24-13-7-17/h6-7,12-13H,3-5,8-11,14-16H2,1-2H3,(H,25,29). The molecule has 160 valence electrons. The number of rotatable bonds is 5. The molecule has 1 aliphatic carbocycles. The molecule has 1 aliphatic heterocycles. The SMILES string of the molecule is Cn1nc(CCNC(=O)c2ccncc2)c2c1CCN(C(=O)C1(C)CCCCC1)C2. The number of aryl methyl sites for hydroxylation is 1. The van der Waals surface area contributed by atoms with Crippen LogP contribution in [0.3, 0.4) is 0 Å². The summed E-state index contributed by atoms with van der Waals surface area (Å²) in [4.78, 5) is 31.5. The average Bonchev–Trinajstić information content (AvgIpc) is 3.09. The van der Waals surface area contributed by atoms with Crippen LogP contribution < -0.4 is 5.32 Å². The maximum atomic E-state index is 13.3. The molecule has 2 amide bonds. The molecule has 0 aromatic carbocycles. The Hall–Kier alpha value is -2.70. The molecular weight excluding hydrogens is 378 g/mol. The van der Waals surface area contributed by atoms with Gasteiger partial charge in [0.1, 0.15) is 0 Å². The zero-order valence-electron chi connectivity index (χ0n) is 18.0. The van der Waals surface area contributed by atoms with Crippen molar-refractivity contribution in [1.29, 1.82) is 0 Å². The van der Waals surface area contributed by atoms with Crippen LogP contribution >= 0.6 is 0 Å². The molecule has 30 heavy (non-hydrogen) atoms. The molecule has 1 fully saturated rings. The van der Waals surface area contributed by atoms with Gasteiger partial charge in [-0.2, -0.15) is 5.10 Å². The highest BCUT2D eigenvalue weighted by atomic mass is 16.2. The van der Waals surface area contributed by atoms with E-state index in [1.54, 1.807) is 24.5 Å². The number of nitrogens with one attached hydrogen (secondary N) is 1. The minimum absolute atomic E-state index is 0.107. The molecule has 0 atom stereocenters. The Kier molecular flexibility index (Phi) is 5.88. The van der Waals surface area contributed by atoms with Crippen LogP contribution in [0.5, 0.6) is 0 Å². The summed E-state index contributed by atoms with van der Waals surface area (Å²) in [6, 6.07) is 3.40. The Bertz CT molecular complexity index is 915. The van der Waals surface area contributed by atoms with E-state index >= 15 is 0 Å². The molecule has 2 aromatic rings. The fourth-order valence-electron chi connectivity index (χ4n) is 4.87. The van der Waals surface area contributed by atoms with Gasteiger partial charge in [-0.05, 0) is 25.0 Å². The molecule has 0 saturated heterocycles. The molecule has 7 nitrogen and oxygen atoms in total. The van der Waals surface area contributed by atoms with Gasteiger partial charge in [0.05, 0.1) is 5.69 Å². The molecule has 0 bridgehead atoms. The van der Waals surface area contributed by atoms with Crippen LogP contribution in [-0.4, -0.2) is 44.6 Å². The van der Waals surface area contributed by atoms with Crippen LogP contribution in [0.25, 0.3) is 0 Å². The molecule has 4 rings (SSSR count). The molecular formula is C23H31N5O2. The number of nitrogens with zero attached hydrogens (tertiary/aromatic N) is 4. The highest BCUT2D eigenvalue weighted by Gasteiger charge is 2.39. The first-order valence-electron chi connectivity index (χ1n) is 11.0. The lowest BCUT2D eigenvalue weighted by atomic mass is 9.74. The third-order valence-corrected chi connectivity index (χ3v) is 6.68. The van der Waals surface area contributed by atoms with E-state index in [0.717, 1.165) is 49.9 Å². The van der Waals surface area contributed by atoms with Gasteiger partial charge < -0.3 is 10.2 Å². The monoisotopic (exact) mass is 409 g/mol. The van der Waals surface area contributed by atoms with E-state index in [4.69, 9.17) is 5.10 Å². The van der Waals surface area contributed by atoms with Gasteiger partial charge in [-0.15, -0.1) is 0 Å². The molecule has 2 aliphatic rings. The fourth-order valence-corrected chi connectivity index (χ4v) is 4.87. The van der Waals surface area contributed by atoms with Crippen molar-refractivity contribution in [3.63, 3.8) is 0 Å². The smallest absolute Gasteiger partial charge is 0.251 e. The Labute approximate surface area is 177 Å². The zero-order chi connectivity index (χ0) is 21.1. The van der Waals surface area contributed by atoms with Crippen molar-refractivity contribution in [2.24, 2.45) is 12.5 Å². The van der Waals surface area contributed by atoms with Gasteiger partial charge in [0, 0.05) is 74.2 Å². The summed E-state index contributed by atoms with van der Waals surface area (Å²) in [5, 5.41) is 7.66. The Morgan fingerprint density at radius 2 is 1.90 bits per heavy atom. The predicted molar refractivity (Wildman–Crippen MR) is 114 cm³/mol. The minimum Gasteiger partial charge on any atom is -0.352 e. The molecule has 2 aromatic heterocycles. The zero-order valence-corrected chi connectivity index (χ0v) is 18.0. The number of hydrogen-bond donors (Lipinski definition) is 1.